The number of hydrogen-bond acceptors (Lipinski definition) is 1. The lowest BCUT2D eigenvalue weighted by atomic mass is 9.87. The lowest BCUT2D eigenvalue weighted by molar-refractivity contribution is 0.0766. The maximum Gasteiger partial charge on any atom is 0.00951 e. The first-order valence-electron chi connectivity index (χ1n) is 4.92. The molecule has 0 radical (unpaired) electrons. The zero-order valence-corrected chi connectivity index (χ0v) is 7.88. The Labute approximate surface area is 69.8 Å². The van der Waals surface area contributed by atoms with Crippen LogP contribution in [0.5, 0.6) is 0 Å². The van der Waals surface area contributed by atoms with Crippen LogP contribution in [0.4, 0.5) is 0 Å². The fourth-order valence-electron chi connectivity index (χ4n) is 2.96. The molecule has 2 rings (SSSR count). The molecule has 64 valence electrons. The molecule has 1 aliphatic carbocycles. The van der Waals surface area contributed by atoms with Gasteiger partial charge in [-0.25, -0.2) is 0 Å². The minimum atomic E-state index is 0.837. The van der Waals surface area contributed by atoms with Crippen LogP contribution in [0.2, 0.25) is 0 Å². The molecule has 0 spiro atoms. The van der Waals surface area contributed by atoms with Gasteiger partial charge in [-0.15, -0.1) is 0 Å². The van der Waals surface area contributed by atoms with Gasteiger partial charge in [0.2, 0.25) is 0 Å². The van der Waals surface area contributed by atoms with Gasteiger partial charge in [0.05, 0.1) is 0 Å². The van der Waals surface area contributed by atoms with Crippen LogP contribution in [-0.2, 0) is 0 Å². The van der Waals surface area contributed by atoms with E-state index in [0.717, 1.165) is 23.9 Å². The first-order valence-corrected chi connectivity index (χ1v) is 4.92. The predicted octanol–water partition coefficient (Wildman–Crippen LogP) is 2.13. The Balaban J connectivity index is 2.16. The van der Waals surface area contributed by atoms with Crippen LogP contribution in [-0.4, -0.2) is 24.0 Å². The lowest BCUT2D eigenvalue weighted by Gasteiger charge is -2.41. The van der Waals surface area contributed by atoms with Crippen molar-refractivity contribution in [2.75, 3.05) is 7.05 Å². The normalized spacial score (nSPS) is 51.5. The summed E-state index contributed by atoms with van der Waals surface area (Å²) in [6.45, 7) is 4.78. The largest absolute Gasteiger partial charge is 0.300 e. The number of fused-ring (bicyclic) bond motifs is 2. The molecule has 1 heterocycles. The second-order valence-corrected chi connectivity index (χ2v) is 4.48. The molecular weight excluding hydrogens is 134 g/mol. The number of likely N-dealkylation sites (tertiary alicyclic amines) is 1. The minimum Gasteiger partial charge on any atom is -0.300 e. The Morgan fingerprint density at radius 3 is 1.91 bits per heavy atom. The highest BCUT2D eigenvalue weighted by Gasteiger charge is 2.40. The van der Waals surface area contributed by atoms with E-state index in [9.17, 15) is 0 Å². The summed E-state index contributed by atoms with van der Waals surface area (Å²) >= 11 is 0. The van der Waals surface area contributed by atoms with E-state index < -0.39 is 0 Å². The van der Waals surface area contributed by atoms with Gasteiger partial charge < -0.3 is 4.90 Å². The molecule has 1 nitrogen and oxygen atoms in total. The van der Waals surface area contributed by atoms with Crippen molar-refractivity contribution in [1.82, 2.24) is 4.90 Å². The van der Waals surface area contributed by atoms with E-state index in [1.54, 1.807) is 0 Å². The quantitative estimate of drug-likeness (QED) is 0.515. The third kappa shape index (κ3) is 1.01. The summed E-state index contributed by atoms with van der Waals surface area (Å²) in [5.41, 5.74) is 0. The molecule has 4 unspecified atom stereocenters. The zero-order chi connectivity index (χ0) is 8.01. The summed E-state index contributed by atoms with van der Waals surface area (Å²) in [5.74, 6) is 2.03. The highest BCUT2D eigenvalue weighted by Crippen LogP contribution is 2.42. The van der Waals surface area contributed by atoms with Crippen LogP contribution < -0.4 is 0 Å². The van der Waals surface area contributed by atoms with Crippen LogP contribution in [0.3, 0.4) is 0 Å². The van der Waals surface area contributed by atoms with E-state index in [2.05, 4.69) is 25.8 Å². The predicted molar refractivity (Wildman–Crippen MR) is 47.5 cm³/mol. The van der Waals surface area contributed by atoms with Gasteiger partial charge in [-0.1, -0.05) is 0 Å². The summed E-state index contributed by atoms with van der Waals surface area (Å²) in [4.78, 5) is 2.58. The molecule has 4 atom stereocenters. The molecule has 2 bridgehead atoms. The van der Waals surface area contributed by atoms with Crippen molar-refractivity contribution in [3.05, 3.63) is 0 Å². The summed E-state index contributed by atoms with van der Waals surface area (Å²) in [7, 11) is 2.29. The highest BCUT2D eigenvalue weighted by molar-refractivity contribution is 4.94. The lowest BCUT2D eigenvalue weighted by Crippen LogP contribution is -2.46. The number of rotatable bonds is 0. The van der Waals surface area contributed by atoms with Gasteiger partial charge in [0, 0.05) is 12.1 Å². The maximum atomic E-state index is 2.58. The second kappa shape index (κ2) is 2.48. The van der Waals surface area contributed by atoms with Gasteiger partial charge in [0.25, 0.3) is 0 Å². The van der Waals surface area contributed by atoms with Crippen molar-refractivity contribution in [1.29, 1.82) is 0 Å². The monoisotopic (exact) mass is 153 g/mol. The molecule has 1 saturated carbocycles. The average molecular weight is 153 g/mol. The van der Waals surface area contributed by atoms with Gasteiger partial charge in [-0.2, -0.15) is 0 Å². The van der Waals surface area contributed by atoms with Crippen LogP contribution >= 0.6 is 0 Å². The fourth-order valence-corrected chi connectivity index (χ4v) is 2.96. The van der Waals surface area contributed by atoms with Crippen molar-refractivity contribution >= 4 is 0 Å². The van der Waals surface area contributed by atoms with Crippen LogP contribution in [0.1, 0.15) is 33.1 Å². The molecule has 11 heavy (non-hydrogen) atoms. The third-order valence-corrected chi connectivity index (χ3v) is 4.16. The molecule has 0 aromatic carbocycles. The molecule has 2 fully saturated rings. The molecule has 2 aliphatic rings. The molecule has 1 aliphatic heterocycles. The van der Waals surface area contributed by atoms with Gasteiger partial charge in [-0.3, -0.25) is 0 Å². The van der Waals surface area contributed by atoms with Crippen molar-refractivity contribution in [3.63, 3.8) is 0 Å². The Hall–Kier alpha value is -0.0400. The van der Waals surface area contributed by atoms with Crippen LogP contribution in [0, 0.1) is 11.8 Å². The van der Waals surface area contributed by atoms with Crippen molar-refractivity contribution in [3.8, 4) is 0 Å². The van der Waals surface area contributed by atoms with Crippen molar-refractivity contribution in [2.45, 2.75) is 45.2 Å². The number of piperidine rings is 1. The SMILES string of the molecule is CC1C2CCC(C2)C(C)N1C. The summed E-state index contributed by atoms with van der Waals surface area (Å²) in [6.07, 6.45) is 4.48. The molecule has 0 aromatic heterocycles. The topological polar surface area (TPSA) is 3.24 Å². The van der Waals surface area contributed by atoms with E-state index in [4.69, 9.17) is 0 Å². The second-order valence-electron chi connectivity index (χ2n) is 4.48. The molecular formula is C10H19N. The Morgan fingerprint density at radius 1 is 1.00 bits per heavy atom. The standard InChI is InChI=1S/C10H19N/c1-7-9-4-5-10(6-9)8(2)11(7)3/h7-10H,4-6H2,1-3H3. The first-order chi connectivity index (χ1) is 5.20. The van der Waals surface area contributed by atoms with E-state index in [1.165, 1.54) is 19.3 Å². The number of nitrogens with zero attached hydrogens (tertiary/aromatic N) is 1. The molecule has 0 amide bonds. The zero-order valence-electron chi connectivity index (χ0n) is 7.88. The van der Waals surface area contributed by atoms with E-state index in [-0.39, 0.29) is 0 Å². The summed E-state index contributed by atoms with van der Waals surface area (Å²) < 4.78 is 0. The van der Waals surface area contributed by atoms with Gasteiger partial charge in [0.15, 0.2) is 0 Å². The van der Waals surface area contributed by atoms with Crippen molar-refractivity contribution in [2.24, 2.45) is 11.8 Å². The Bertz CT molecular complexity index is 135. The van der Waals surface area contributed by atoms with Gasteiger partial charge >= 0.3 is 0 Å². The van der Waals surface area contributed by atoms with Gasteiger partial charge in [0.1, 0.15) is 0 Å². The number of hydrogen-bond donors (Lipinski definition) is 0. The van der Waals surface area contributed by atoms with Gasteiger partial charge in [-0.05, 0) is 52.0 Å². The fraction of sp³-hybridized carbons (Fsp3) is 1.00. The Morgan fingerprint density at radius 2 is 1.45 bits per heavy atom. The van der Waals surface area contributed by atoms with E-state index >= 15 is 0 Å². The first kappa shape index (κ1) is 7.60. The van der Waals surface area contributed by atoms with E-state index in [0.29, 0.717) is 0 Å². The molecule has 1 heteroatoms. The minimum absolute atomic E-state index is 0.837. The summed E-state index contributed by atoms with van der Waals surface area (Å²) in [6, 6.07) is 1.67. The molecule has 0 aromatic rings. The van der Waals surface area contributed by atoms with Crippen molar-refractivity contribution < 1.29 is 0 Å². The van der Waals surface area contributed by atoms with Crippen LogP contribution in [0.25, 0.3) is 0 Å². The summed E-state index contributed by atoms with van der Waals surface area (Å²) in [5, 5.41) is 0. The third-order valence-electron chi connectivity index (χ3n) is 4.16. The average Bonchev–Trinajstić information content (AvgIpc) is 2.44. The van der Waals surface area contributed by atoms with E-state index in [1.807, 2.05) is 0 Å². The Kier molecular flexibility index (Phi) is 1.71. The smallest absolute Gasteiger partial charge is 0.00951 e. The maximum absolute atomic E-state index is 2.58. The van der Waals surface area contributed by atoms with Crippen LogP contribution in [0.15, 0.2) is 0 Å². The molecule has 1 saturated heterocycles. The highest BCUT2D eigenvalue weighted by atomic mass is 15.2. The molecule has 0 N–H and O–H groups in total.